The minimum atomic E-state index is 0.342. The minimum absolute atomic E-state index is 0.342. The third-order valence-corrected chi connectivity index (χ3v) is 1.61. The highest BCUT2D eigenvalue weighted by Gasteiger charge is 2.02. The summed E-state index contributed by atoms with van der Waals surface area (Å²) in [5.41, 5.74) is 0.652. The van der Waals surface area contributed by atoms with Gasteiger partial charge >= 0.3 is 0 Å². The van der Waals surface area contributed by atoms with E-state index in [1.54, 1.807) is 0 Å². The first-order chi connectivity index (χ1) is 5.20. The third-order valence-electron chi connectivity index (χ3n) is 1.61. The summed E-state index contributed by atoms with van der Waals surface area (Å²) in [5.74, 6) is 0. The number of hydrogen-bond donors (Lipinski definition) is 2. The standard InChI is InChI=1S/C8H16N2O/c1-7(10-2)6-8(9)4-3-5-11/h5,7,9-10H,3-4,6H2,1-2H3/t7-/m0/s1. The van der Waals surface area contributed by atoms with Crippen molar-refractivity contribution >= 4 is 12.0 Å². The Hall–Kier alpha value is -0.700. The van der Waals surface area contributed by atoms with Crippen molar-refractivity contribution in [3.63, 3.8) is 0 Å². The molecular formula is C8H16N2O. The Morgan fingerprint density at radius 1 is 1.73 bits per heavy atom. The zero-order chi connectivity index (χ0) is 8.69. The van der Waals surface area contributed by atoms with Crippen LogP contribution >= 0.6 is 0 Å². The normalized spacial score (nSPS) is 12.5. The average molecular weight is 156 g/mol. The van der Waals surface area contributed by atoms with Gasteiger partial charge in [-0.3, -0.25) is 0 Å². The van der Waals surface area contributed by atoms with E-state index >= 15 is 0 Å². The lowest BCUT2D eigenvalue weighted by Gasteiger charge is -2.09. The molecule has 0 rings (SSSR count). The monoisotopic (exact) mass is 156 g/mol. The molecule has 0 bridgehead atoms. The molecule has 11 heavy (non-hydrogen) atoms. The molecule has 3 heteroatoms. The van der Waals surface area contributed by atoms with Crippen LogP contribution in [-0.2, 0) is 4.79 Å². The van der Waals surface area contributed by atoms with Gasteiger partial charge in [-0.05, 0) is 20.4 Å². The van der Waals surface area contributed by atoms with Crippen molar-refractivity contribution in [3.05, 3.63) is 0 Å². The molecule has 3 nitrogen and oxygen atoms in total. The Morgan fingerprint density at radius 3 is 2.82 bits per heavy atom. The molecule has 0 amide bonds. The van der Waals surface area contributed by atoms with E-state index in [0.29, 0.717) is 24.6 Å². The van der Waals surface area contributed by atoms with Gasteiger partial charge in [0, 0.05) is 24.6 Å². The van der Waals surface area contributed by atoms with Gasteiger partial charge in [0.15, 0.2) is 0 Å². The Morgan fingerprint density at radius 2 is 2.36 bits per heavy atom. The van der Waals surface area contributed by atoms with E-state index in [1.165, 1.54) is 0 Å². The molecule has 0 aliphatic carbocycles. The van der Waals surface area contributed by atoms with Crippen LogP contribution in [0.15, 0.2) is 0 Å². The van der Waals surface area contributed by atoms with E-state index in [-0.39, 0.29) is 0 Å². The Balaban J connectivity index is 3.43. The smallest absolute Gasteiger partial charge is 0.120 e. The van der Waals surface area contributed by atoms with Crippen LogP contribution in [0.4, 0.5) is 0 Å². The summed E-state index contributed by atoms with van der Waals surface area (Å²) in [6, 6.07) is 0.342. The Bertz CT molecular complexity index is 134. The van der Waals surface area contributed by atoms with Gasteiger partial charge in [-0.25, -0.2) is 0 Å². The van der Waals surface area contributed by atoms with Crippen molar-refractivity contribution in [1.29, 1.82) is 5.41 Å². The van der Waals surface area contributed by atoms with Gasteiger partial charge < -0.3 is 15.5 Å². The zero-order valence-electron chi connectivity index (χ0n) is 7.18. The van der Waals surface area contributed by atoms with Gasteiger partial charge in [0.1, 0.15) is 6.29 Å². The van der Waals surface area contributed by atoms with Crippen LogP contribution in [0.5, 0.6) is 0 Å². The lowest BCUT2D eigenvalue weighted by Crippen LogP contribution is -2.24. The first kappa shape index (κ1) is 10.3. The summed E-state index contributed by atoms with van der Waals surface area (Å²) in [5, 5.41) is 10.5. The fraction of sp³-hybridized carbons (Fsp3) is 0.750. The van der Waals surface area contributed by atoms with Gasteiger partial charge in [-0.15, -0.1) is 0 Å². The van der Waals surface area contributed by atoms with E-state index in [0.717, 1.165) is 12.7 Å². The van der Waals surface area contributed by atoms with Crippen LogP contribution in [0, 0.1) is 5.41 Å². The second-order valence-corrected chi connectivity index (χ2v) is 2.70. The molecule has 2 N–H and O–H groups in total. The molecule has 0 fully saturated rings. The lowest BCUT2D eigenvalue weighted by molar-refractivity contribution is -0.107. The topological polar surface area (TPSA) is 53.0 Å². The average Bonchev–Trinajstić information content (AvgIpc) is 2.00. The maximum atomic E-state index is 9.95. The molecule has 0 aliphatic rings. The fourth-order valence-electron chi connectivity index (χ4n) is 0.807. The van der Waals surface area contributed by atoms with Crippen molar-refractivity contribution in [3.8, 4) is 0 Å². The number of aldehydes is 1. The Labute approximate surface area is 67.7 Å². The predicted molar refractivity (Wildman–Crippen MR) is 46.2 cm³/mol. The number of carbonyl (C=O) groups is 1. The first-order valence-electron chi connectivity index (χ1n) is 3.88. The molecular weight excluding hydrogens is 140 g/mol. The van der Waals surface area contributed by atoms with Crippen molar-refractivity contribution in [1.82, 2.24) is 5.32 Å². The molecule has 0 saturated heterocycles. The molecule has 0 aromatic rings. The SMILES string of the molecule is CN[C@@H](C)CC(=N)CCC=O. The third kappa shape index (κ3) is 5.73. The highest BCUT2D eigenvalue weighted by molar-refractivity contribution is 5.83. The summed E-state index contributed by atoms with van der Waals surface area (Å²) in [7, 11) is 1.87. The molecule has 0 aromatic heterocycles. The van der Waals surface area contributed by atoms with Gasteiger partial charge in [-0.1, -0.05) is 0 Å². The second-order valence-electron chi connectivity index (χ2n) is 2.70. The number of carbonyl (C=O) groups excluding carboxylic acids is 1. The second kappa shape index (κ2) is 6.04. The molecule has 0 aromatic carbocycles. The molecule has 0 aliphatic heterocycles. The minimum Gasteiger partial charge on any atom is -0.317 e. The largest absolute Gasteiger partial charge is 0.317 e. The van der Waals surface area contributed by atoms with E-state index in [4.69, 9.17) is 5.41 Å². The lowest BCUT2D eigenvalue weighted by atomic mass is 10.1. The van der Waals surface area contributed by atoms with Crippen LogP contribution in [-0.4, -0.2) is 25.1 Å². The van der Waals surface area contributed by atoms with E-state index in [1.807, 2.05) is 14.0 Å². The molecule has 1 atom stereocenters. The quantitative estimate of drug-likeness (QED) is 0.445. The molecule has 0 saturated carbocycles. The molecule has 0 spiro atoms. The summed E-state index contributed by atoms with van der Waals surface area (Å²) >= 11 is 0. The highest BCUT2D eigenvalue weighted by atomic mass is 16.1. The first-order valence-corrected chi connectivity index (χ1v) is 3.88. The summed E-state index contributed by atoms with van der Waals surface area (Å²) in [4.78, 5) is 9.95. The summed E-state index contributed by atoms with van der Waals surface area (Å²) in [6.45, 7) is 2.02. The van der Waals surface area contributed by atoms with E-state index in [2.05, 4.69) is 5.32 Å². The summed E-state index contributed by atoms with van der Waals surface area (Å²) < 4.78 is 0. The molecule has 0 heterocycles. The van der Waals surface area contributed by atoms with Crippen molar-refractivity contribution in [2.45, 2.75) is 32.2 Å². The molecule has 64 valence electrons. The zero-order valence-corrected chi connectivity index (χ0v) is 7.18. The van der Waals surface area contributed by atoms with Crippen molar-refractivity contribution in [2.24, 2.45) is 0 Å². The van der Waals surface area contributed by atoms with Gasteiger partial charge in [0.25, 0.3) is 0 Å². The summed E-state index contributed by atoms with van der Waals surface area (Å²) in [6.07, 6.45) is 2.69. The van der Waals surface area contributed by atoms with Crippen molar-refractivity contribution < 1.29 is 4.79 Å². The number of nitrogens with one attached hydrogen (secondary N) is 2. The number of rotatable bonds is 6. The van der Waals surface area contributed by atoms with Crippen LogP contribution < -0.4 is 5.32 Å². The van der Waals surface area contributed by atoms with Crippen LogP contribution in [0.2, 0.25) is 0 Å². The number of hydrogen-bond acceptors (Lipinski definition) is 3. The van der Waals surface area contributed by atoms with Crippen LogP contribution in [0.3, 0.4) is 0 Å². The van der Waals surface area contributed by atoms with E-state index in [9.17, 15) is 4.79 Å². The Kier molecular flexibility index (Phi) is 5.65. The van der Waals surface area contributed by atoms with E-state index < -0.39 is 0 Å². The predicted octanol–water partition coefficient (Wildman–Crippen LogP) is 0.983. The van der Waals surface area contributed by atoms with Crippen LogP contribution in [0.25, 0.3) is 0 Å². The van der Waals surface area contributed by atoms with Crippen LogP contribution in [0.1, 0.15) is 26.2 Å². The van der Waals surface area contributed by atoms with Gasteiger partial charge in [0.2, 0.25) is 0 Å². The highest BCUT2D eigenvalue weighted by Crippen LogP contribution is 1.97. The molecule has 0 radical (unpaired) electrons. The van der Waals surface area contributed by atoms with Gasteiger partial charge in [-0.2, -0.15) is 0 Å². The fourth-order valence-corrected chi connectivity index (χ4v) is 0.807. The van der Waals surface area contributed by atoms with Gasteiger partial charge in [0.05, 0.1) is 0 Å². The van der Waals surface area contributed by atoms with Crippen molar-refractivity contribution in [2.75, 3.05) is 7.05 Å². The maximum absolute atomic E-state index is 9.95. The molecule has 0 unspecified atom stereocenters. The maximum Gasteiger partial charge on any atom is 0.120 e.